The predicted octanol–water partition coefficient (Wildman–Crippen LogP) is 2.15. The standard InChI is InChI=1S/C19H17NO5/c21-15-3-1-11(7-17(15)23)5-13-9-20-10-14(19(13)25)6-12-2-4-16(22)18(24)8-12/h1-8,20-24H,9-10H2/b13-5-,14-6-. The van der Waals surface area contributed by atoms with E-state index in [4.69, 9.17) is 0 Å². The first-order chi connectivity index (χ1) is 11.9. The molecule has 1 saturated heterocycles. The van der Waals surface area contributed by atoms with Gasteiger partial charge in [0, 0.05) is 24.2 Å². The first kappa shape index (κ1) is 16.6. The van der Waals surface area contributed by atoms with Crippen LogP contribution in [0.1, 0.15) is 11.1 Å². The van der Waals surface area contributed by atoms with E-state index in [9.17, 15) is 25.2 Å². The zero-order chi connectivity index (χ0) is 18.0. The molecular formula is C19H17NO5. The molecular weight excluding hydrogens is 322 g/mol. The number of aromatic hydroxyl groups is 4. The van der Waals surface area contributed by atoms with Gasteiger partial charge < -0.3 is 25.7 Å². The summed E-state index contributed by atoms with van der Waals surface area (Å²) in [5.74, 6) is -1.08. The molecule has 0 spiro atoms. The number of carbonyl (C=O) groups excluding carboxylic acids is 1. The van der Waals surface area contributed by atoms with Crippen LogP contribution in [0.15, 0.2) is 47.5 Å². The lowest BCUT2D eigenvalue weighted by Crippen LogP contribution is -2.32. The summed E-state index contributed by atoms with van der Waals surface area (Å²) in [6.07, 6.45) is 3.30. The van der Waals surface area contributed by atoms with Gasteiger partial charge in [0.1, 0.15) is 0 Å². The zero-order valence-electron chi connectivity index (χ0n) is 13.2. The minimum Gasteiger partial charge on any atom is -0.504 e. The topological polar surface area (TPSA) is 110 Å². The Labute approximate surface area is 144 Å². The number of benzene rings is 2. The van der Waals surface area contributed by atoms with Crippen LogP contribution < -0.4 is 5.32 Å². The van der Waals surface area contributed by atoms with E-state index in [1.165, 1.54) is 24.3 Å². The van der Waals surface area contributed by atoms with Crippen molar-refractivity contribution in [2.24, 2.45) is 0 Å². The Bertz CT molecular complexity index is 827. The van der Waals surface area contributed by atoms with Gasteiger partial charge in [-0.2, -0.15) is 0 Å². The number of hydrogen-bond donors (Lipinski definition) is 5. The Morgan fingerprint density at radius 2 is 1.16 bits per heavy atom. The number of phenols is 4. The fourth-order valence-electron chi connectivity index (χ4n) is 2.59. The highest BCUT2D eigenvalue weighted by Gasteiger charge is 2.20. The molecule has 0 amide bonds. The Kier molecular flexibility index (Phi) is 4.45. The number of piperidine rings is 1. The fourth-order valence-corrected chi connectivity index (χ4v) is 2.59. The Balaban J connectivity index is 1.89. The number of rotatable bonds is 2. The van der Waals surface area contributed by atoms with Crippen molar-refractivity contribution in [2.45, 2.75) is 0 Å². The van der Waals surface area contributed by atoms with Crippen LogP contribution in [0, 0.1) is 0 Å². The molecule has 0 aromatic heterocycles. The van der Waals surface area contributed by atoms with Crippen molar-refractivity contribution >= 4 is 17.9 Å². The first-order valence-electron chi connectivity index (χ1n) is 7.64. The monoisotopic (exact) mass is 339 g/mol. The van der Waals surface area contributed by atoms with Crippen molar-refractivity contribution in [1.29, 1.82) is 0 Å². The van der Waals surface area contributed by atoms with Crippen LogP contribution in [0.4, 0.5) is 0 Å². The van der Waals surface area contributed by atoms with Crippen LogP contribution in [-0.4, -0.2) is 39.3 Å². The number of ketones is 1. The molecule has 0 unspecified atom stereocenters. The Morgan fingerprint density at radius 3 is 1.56 bits per heavy atom. The van der Waals surface area contributed by atoms with E-state index in [1.54, 1.807) is 24.3 Å². The molecule has 128 valence electrons. The smallest absolute Gasteiger partial charge is 0.187 e. The zero-order valence-corrected chi connectivity index (χ0v) is 13.2. The summed E-state index contributed by atoms with van der Waals surface area (Å²) < 4.78 is 0. The SMILES string of the molecule is O=C1/C(=C\c2ccc(O)c(O)c2)CNC/C1=C/c1ccc(O)c(O)c1. The number of phenolic OH excluding ortho intramolecular Hbond substituents is 4. The number of hydrogen-bond acceptors (Lipinski definition) is 6. The molecule has 25 heavy (non-hydrogen) atoms. The predicted molar refractivity (Wildman–Crippen MR) is 93.4 cm³/mol. The summed E-state index contributed by atoms with van der Waals surface area (Å²) in [5.41, 5.74) is 2.24. The fraction of sp³-hybridized carbons (Fsp3) is 0.105. The van der Waals surface area contributed by atoms with Crippen molar-refractivity contribution in [3.63, 3.8) is 0 Å². The lowest BCUT2D eigenvalue weighted by molar-refractivity contribution is -0.112. The highest BCUT2D eigenvalue weighted by atomic mass is 16.3. The largest absolute Gasteiger partial charge is 0.504 e. The lowest BCUT2D eigenvalue weighted by atomic mass is 9.95. The number of carbonyl (C=O) groups is 1. The second-order valence-corrected chi connectivity index (χ2v) is 5.77. The van der Waals surface area contributed by atoms with Crippen LogP contribution in [-0.2, 0) is 4.79 Å². The van der Waals surface area contributed by atoms with Crippen molar-refractivity contribution in [3.05, 3.63) is 58.7 Å². The molecule has 1 aliphatic rings. The van der Waals surface area contributed by atoms with Crippen LogP contribution in [0.25, 0.3) is 12.2 Å². The highest BCUT2D eigenvalue weighted by Crippen LogP contribution is 2.28. The van der Waals surface area contributed by atoms with Crippen molar-refractivity contribution in [3.8, 4) is 23.0 Å². The average molecular weight is 339 g/mol. The summed E-state index contributed by atoms with van der Waals surface area (Å²) in [6, 6.07) is 8.69. The van der Waals surface area contributed by atoms with E-state index >= 15 is 0 Å². The van der Waals surface area contributed by atoms with Gasteiger partial charge in [0.15, 0.2) is 28.8 Å². The van der Waals surface area contributed by atoms with Gasteiger partial charge >= 0.3 is 0 Å². The molecule has 0 radical (unpaired) electrons. The van der Waals surface area contributed by atoms with Gasteiger partial charge in [0.05, 0.1) is 0 Å². The van der Waals surface area contributed by atoms with E-state index in [2.05, 4.69) is 5.32 Å². The van der Waals surface area contributed by atoms with Gasteiger partial charge in [0.2, 0.25) is 0 Å². The third-order valence-electron chi connectivity index (χ3n) is 3.89. The summed E-state index contributed by atoms with van der Waals surface area (Å²) in [7, 11) is 0. The van der Waals surface area contributed by atoms with Gasteiger partial charge in [0.25, 0.3) is 0 Å². The molecule has 1 heterocycles. The molecule has 0 atom stereocenters. The third kappa shape index (κ3) is 3.64. The maximum Gasteiger partial charge on any atom is 0.187 e. The molecule has 2 aromatic carbocycles. The molecule has 1 aliphatic heterocycles. The van der Waals surface area contributed by atoms with Gasteiger partial charge in [-0.15, -0.1) is 0 Å². The van der Waals surface area contributed by atoms with Crippen molar-refractivity contribution in [2.75, 3.05) is 13.1 Å². The van der Waals surface area contributed by atoms with Crippen LogP contribution in [0.3, 0.4) is 0 Å². The average Bonchev–Trinajstić information content (AvgIpc) is 2.58. The summed E-state index contributed by atoms with van der Waals surface area (Å²) in [4.78, 5) is 12.6. The van der Waals surface area contributed by atoms with Gasteiger partial charge in [-0.25, -0.2) is 0 Å². The van der Waals surface area contributed by atoms with Crippen molar-refractivity contribution < 1.29 is 25.2 Å². The van der Waals surface area contributed by atoms with E-state index in [0.29, 0.717) is 35.4 Å². The van der Waals surface area contributed by atoms with Crippen LogP contribution in [0.2, 0.25) is 0 Å². The molecule has 0 bridgehead atoms. The van der Waals surface area contributed by atoms with Crippen LogP contribution >= 0.6 is 0 Å². The number of nitrogens with one attached hydrogen (secondary N) is 1. The maximum atomic E-state index is 12.6. The minimum atomic E-state index is -0.249. The molecule has 0 saturated carbocycles. The molecule has 6 nitrogen and oxygen atoms in total. The highest BCUT2D eigenvalue weighted by molar-refractivity contribution is 6.14. The van der Waals surface area contributed by atoms with E-state index < -0.39 is 0 Å². The lowest BCUT2D eigenvalue weighted by Gasteiger charge is -2.18. The van der Waals surface area contributed by atoms with Crippen LogP contribution in [0.5, 0.6) is 23.0 Å². The minimum absolute atomic E-state index is 0.140. The summed E-state index contributed by atoms with van der Waals surface area (Å²) >= 11 is 0. The van der Waals surface area contributed by atoms with Crippen molar-refractivity contribution in [1.82, 2.24) is 5.32 Å². The second kappa shape index (κ2) is 6.70. The molecule has 5 N–H and O–H groups in total. The quantitative estimate of drug-likeness (QED) is 0.424. The Morgan fingerprint density at radius 1 is 0.720 bits per heavy atom. The molecule has 1 fully saturated rings. The summed E-state index contributed by atoms with van der Waals surface area (Å²) in [6.45, 7) is 0.775. The molecule has 6 heteroatoms. The summed E-state index contributed by atoms with van der Waals surface area (Å²) in [5, 5.41) is 40.9. The van der Waals surface area contributed by atoms with E-state index in [-0.39, 0.29) is 28.8 Å². The van der Waals surface area contributed by atoms with Gasteiger partial charge in [-0.3, -0.25) is 4.79 Å². The maximum absolute atomic E-state index is 12.6. The van der Waals surface area contributed by atoms with Gasteiger partial charge in [-0.1, -0.05) is 12.1 Å². The molecule has 0 aliphatic carbocycles. The molecule has 2 aromatic rings. The Hall–Kier alpha value is -3.25. The van der Waals surface area contributed by atoms with Gasteiger partial charge in [-0.05, 0) is 47.5 Å². The van der Waals surface area contributed by atoms with E-state index in [1.807, 2.05) is 0 Å². The number of Topliss-reactive ketones (excluding diaryl/α,β-unsaturated/α-hetero) is 1. The normalized spacial score (nSPS) is 18.0. The first-order valence-corrected chi connectivity index (χ1v) is 7.64. The third-order valence-corrected chi connectivity index (χ3v) is 3.89. The second-order valence-electron chi connectivity index (χ2n) is 5.77. The molecule has 3 rings (SSSR count). The van der Waals surface area contributed by atoms with E-state index in [0.717, 1.165) is 0 Å².